The topological polar surface area (TPSA) is 46.5 Å². The summed E-state index contributed by atoms with van der Waals surface area (Å²) in [6.07, 6.45) is -7.39. The van der Waals surface area contributed by atoms with Gasteiger partial charge in [0.15, 0.2) is 0 Å². The highest BCUT2D eigenvalue weighted by molar-refractivity contribution is 5.57. The van der Waals surface area contributed by atoms with E-state index in [4.69, 9.17) is 5.11 Å². The molecule has 6 heteroatoms. The van der Waals surface area contributed by atoms with Gasteiger partial charge in [0.1, 0.15) is 0 Å². The van der Waals surface area contributed by atoms with E-state index in [2.05, 4.69) is 4.74 Å². The van der Waals surface area contributed by atoms with Gasteiger partial charge in [0, 0.05) is 0 Å². The molecule has 0 bridgehead atoms. The lowest BCUT2D eigenvalue weighted by Crippen LogP contribution is -2.47. The van der Waals surface area contributed by atoms with Gasteiger partial charge in [-0.25, -0.2) is 4.79 Å². The minimum absolute atomic E-state index is 0.417. The van der Waals surface area contributed by atoms with Crippen LogP contribution in [0.5, 0.6) is 0 Å². The van der Waals surface area contributed by atoms with Crippen LogP contribution in [0.15, 0.2) is 0 Å². The smallest absolute Gasteiger partial charge is 0.450 e. The Kier molecular flexibility index (Phi) is 3.57. The van der Waals surface area contributed by atoms with E-state index in [1.807, 2.05) is 0 Å². The van der Waals surface area contributed by atoms with Crippen molar-refractivity contribution in [3.63, 3.8) is 0 Å². The maximum absolute atomic E-state index is 12.3. The van der Waals surface area contributed by atoms with E-state index >= 15 is 0 Å². The molecule has 1 N–H and O–H groups in total. The fourth-order valence-electron chi connectivity index (χ4n) is 1.02. The largest absolute Gasteiger partial charge is 0.506 e. The Morgan fingerprint density at radius 1 is 1.31 bits per heavy atom. The van der Waals surface area contributed by atoms with Crippen LogP contribution in [0.25, 0.3) is 0 Å². The molecule has 0 aromatic heterocycles. The molecule has 13 heavy (non-hydrogen) atoms. The van der Waals surface area contributed by atoms with Crippen LogP contribution in [0.3, 0.4) is 0 Å². The molecule has 0 aliphatic heterocycles. The van der Waals surface area contributed by atoms with E-state index in [1.165, 1.54) is 13.8 Å². The minimum atomic E-state index is -4.66. The second kappa shape index (κ2) is 3.85. The second-order valence-corrected chi connectivity index (χ2v) is 2.57. The summed E-state index contributed by atoms with van der Waals surface area (Å²) < 4.78 is 40.9. The van der Waals surface area contributed by atoms with Crippen molar-refractivity contribution in [2.24, 2.45) is 0 Å². The first-order valence-electron chi connectivity index (χ1n) is 3.77. The number of carboxylic acid groups (broad SMARTS) is 1. The van der Waals surface area contributed by atoms with Gasteiger partial charge in [-0.2, -0.15) is 13.2 Å². The third kappa shape index (κ3) is 2.50. The van der Waals surface area contributed by atoms with E-state index in [-0.39, 0.29) is 0 Å². The molecular formula is C7H11F3O3. The zero-order valence-corrected chi connectivity index (χ0v) is 7.31. The molecule has 0 saturated carbocycles. The molecule has 0 spiro atoms. The summed E-state index contributed by atoms with van der Waals surface area (Å²) in [6, 6.07) is 0. The lowest BCUT2D eigenvalue weighted by molar-refractivity contribution is -0.264. The highest BCUT2D eigenvalue weighted by Crippen LogP contribution is 2.38. The first-order chi connectivity index (χ1) is 5.79. The molecule has 0 aromatic rings. The van der Waals surface area contributed by atoms with Gasteiger partial charge >= 0.3 is 12.3 Å². The molecule has 0 fully saturated rings. The summed E-state index contributed by atoms with van der Waals surface area (Å²) in [5.41, 5.74) is -2.56. The maximum Gasteiger partial charge on any atom is 0.506 e. The number of hydrogen-bond acceptors (Lipinski definition) is 2. The Morgan fingerprint density at radius 3 is 1.77 bits per heavy atom. The Morgan fingerprint density at radius 2 is 1.69 bits per heavy atom. The maximum atomic E-state index is 12.3. The van der Waals surface area contributed by atoms with Gasteiger partial charge in [0.2, 0.25) is 5.60 Å². The van der Waals surface area contributed by atoms with E-state index < -0.39 is 30.8 Å². The van der Waals surface area contributed by atoms with Crippen molar-refractivity contribution in [1.29, 1.82) is 0 Å². The fourth-order valence-corrected chi connectivity index (χ4v) is 1.02. The molecule has 0 aromatic carbocycles. The molecule has 0 amide bonds. The van der Waals surface area contributed by atoms with E-state index in [9.17, 15) is 18.0 Å². The summed E-state index contributed by atoms with van der Waals surface area (Å²) >= 11 is 0. The van der Waals surface area contributed by atoms with E-state index in [1.54, 1.807) is 0 Å². The summed E-state index contributed by atoms with van der Waals surface area (Å²) in [4.78, 5) is 10.1. The predicted molar refractivity (Wildman–Crippen MR) is 38.5 cm³/mol. The molecule has 3 nitrogen and oxygen atoms in total. The van der Waals surface area contributed by atoms with Crippen molar-refractivity contribution in [2.45, 2.75) is 38.5 Å². The zero-order valence-electron chi connectivity index (χ0n) is 7.31. The molecular weight excluding hydrogens is 189 g/mol. The number of halogens is 3. The molecule has 0 radical (unpaired) electrons. The lowest BCUT2D eigenvalue weighted by atomic mass is 9.96. The molecule has 0 atom stereocenters. The van der Waals surface area contributed by atoms with Gasteiger partial charge in [-0.05, 0) is 12.8 Å². The van der Waals surface area contributed by atoms with Crippen LogP contribution in [0.1, 0.15) is 26.7 Å². The predicted octanol–water partition coefficient (Wildman–Crippen LogP) is 2.80. The van der Waals surface area contributed by atoms with Crippen LogP contribution in [0, 0.1) is 0 Å². The number of rotatable bonds is 3. The molecule has 0 saturated heterocycles. The third-order valence-electron chi connectivity index (χ3n) is 1.94. The van der Waals surface area contributed by atoms with E-state index in [0.29, 0.717) is 0 Å². The number of hydrogen-bond donors (Lipinski definition) is 1. The average molecular weight is 200 g/mol. The van der Waals surface area contributed by atoms with Crippen LogP contribution in [0.4, 0.5) is 18.0 Å². The Bertz CT molecular complexity index is 184. The van der Waals surface area contributed by atoms with Crippen LogP contribution in [0.2, 0.25) is 0 Å². The first-order valence-corrected chi connectivity index (χ1v) is 3.77. The van der Waals surface area contributed by atoms with Crippen molar-refractivity contribution in [3.05, 3.63) is 0 Å². The summed E-state index contributed by atoms with van der Waals surface area (Å²) in [5.74, 6) is 0. The van der Waals surface area contributed by atoms with Gasteiger partial charge in [0.25, 0.3) is 0 Å². The molecule has 0 aliphatic carbocycles. The van der Waals surface area contributed by atoms with Crippen LogP contribution >= 0.6 is 0 Å². The summed E-state index contributed by atoms with van der Waals surface area (Å²) in [5, 5.41) is 8.15. The standard InChI is InChI=1S/C7H11F3O3/c1-3-6(4-2,7(8,9)10)13-5(11)12/h3-4H2,1-2H3,(H,11,12). The normalized spacial score (nSPS) is 12.7. The summed E-state index contributed by atoms with van der Waals surface area (Å²) in [7, 11) is 0. The van der Waals surface area contributed by atoms with Crippen molar-refractivity contribution >= 4 is 6.16 Å². The van der Waals surface area contributed by atoms with Crippen LogP contribution < -0.4 is 0 Å². The van der Waals surface area contributed by atoms with Crippen molar-refractivity contribution < 1.29 is 27.8 Å². The molecule has 0 aliphatic rings. The number of ether oxygens (including phenoxy) is 1. The van der Waals surface area contributed by atoms with Gasteiger partial charge in [-0.15, -0.1) is 0 Å². The molecule has 78 valence electrons. The SMILES string of the molecule is CCC(CC)(OC(=O)O)C(F)(F)F. The number of alkyl halides is 3. The van der Waals surface area contributed by atoms with Crippen LogP contribution in [-0.4, -0.2) is 23.0 Å². The van der Waals surface area contributed by atoms with Crippen molar-refractivity contribution in [3.8, 4) is 0 Å². The quantitative estimate of drug-likeness (QED) is 0.712. The van der Waals surface area contributed by atoms with Crippen LogP contribution in [-0.2, 0) is 4.74 Å². The zero-order chi connectivity index (χ0) is 10.7. The average Bonchev–Trinajstić information content (AvgIpc) is 1.97. The summed E-state index contributed by atoms with van der Waals surface area (Å²) in [6.45, 7) is 2.47. The Balaban J connectivity index is 4.80. The molecule has 0 unspecified atom stereocenters. The highest BCUT2D eigenvalue weighted by atomic mass is 19.4. The fraction of sp³-hybridized carbons (Fsp3) is 0.857. The van der Waals surface area contributed by atoms with Gasteiger partial charge in [-0.1, -0.05) is 13.8 Å². The van der Waals surface area contributed by atoms with Crippen molar-refractivity contribution in [2.75, 3.05) is 0 Å². The highest BCUT2D eigenvalue weighted by Gasteiger charge is 2.55. The van der Waals surface area contributed by atoms with Crippen molar-refractivity contribution in [1.82, 2.24) is 0 Å². The Hall–Kier alpha value is -0.940. The van der Waals surface area contributed by atoms with Gasteiger partial charge < -0.3 is 9.84 Å². The Labute approximate surface area is 73.5 Å². The molecule has 0 rings (SSSR count). The van der Waals surface area contributed by atoms with E-state index in [0.717, 1.165) is 0 Å². The number of carbonyl (C=O) groups is 1. The molecule has 0 heterocycles. The minimum Gasteiger partial charge on any atom is -0.450 e. The van der Waals surface area contributed by atoms with Gasteiger partial charge in [0.05, 0.1) is 0 Å². The monoisotopic (exact) mass is 200 g/mol. The second-order valence-electron chi connectivity index (χ2n) is 2.57. The lowest BCUT2D eigenvalue weighted by Gasteiger charge is -2.31. The third-order valence-corrected chi connectivity index (χ3v) is 1.94. The van der Waals surface area contributed by atoms with Gasteiger partial charge in [-0.3, -0.25) is 0 Å². The first kappa shape index (κ1) is 12.1.